The fourth-order valence-corrected chi connectivity index (χ4v) is 3.07. The van der Waals surface area contributed by atoms with Gasteiger partial charge in [-0.15, -0.1) is 0 Å². The molecular formula is C16H8O3. The van der Waals surface area contributed by atoms with E-state index in [0.717, 1.165) is 38.3 Å². The van der Waals surface area contributed by atoms with Crippen molar-refractivity contribution in [2.24, 2.45) is 0 Å². The molecule has 0 saturated carbocycles. The Bertz CT molecular complexity index is 978. The molecule has 0 spiro atoms. The van der Waals surface area contributed by atoms with Gasteiger partial charge in [-0.05, 0) is 46.5 Å². The minimum absolute atomic E-state index is 0.232. The quantitative estimate of drug-likeness (QED) is 0.350. The first kappa shape index (κ1) is 9.39. The zero-order valence-corrected chi connectivity index (χ0v) is 9.90. The maximum Gasteiger partial charge on any atom is 0.338 e. The molecule has 2 heterocycles. The maximum absolute atomic E-state index is 11.6. The topological polar surface area (TPSA) is 39.4 Å². The highest BCUT2D eigenvalue weighted by Gasteiger charge is 2.24. The number of fused-ring (bicyclic) bond motifs is 5. The molecular weight excluding hydrogens is 240 g/mol. The van der Waals surface area contributed by atoms with Crippen LogP contribution in [0.5, 0.6) is 0 Å². The molecule has 1 aliphatic heterocycles. The predicted molar refractivity (Wildman–Crippen MR) is 71.5 cm³/mol. The SMILES string of the molecule is O=C1OCc2c1ccc1c2cc2oc3ccc1c2c3. The lowest BCUT2D eigenvalue weighted by molar-refractivity contribution is 0.0535. The lowest BCUT2D eigenvalue weighted by Gasteiger charge is -2.05. The molecule has 5 rings (SSSR count). The van der Waals surface area contributed by atoms with Crippen LogP contribution < -0.4 is 0 Å². The highest BCUT2D eigenvalue weighted by Crippen LogP contribution is 2.37. The van der Waals surface area contributed by atoms with Gasteiger partial charge in [0.25, 0.3) is 0 Å². The predicted octanol–water partition coefficient (Wildman–Crippen LogP) is 3.85. The van der Waals surface area contributed by atoms with Gasteiger partial charge in [-0.3, -0.25) is 0 Å². The number of esters is 1. The van der Waals surface area contributed by atoms with Gasteiger partial charge in [-0.25, -0.2) is 4.79 Å². The summed E-state index contributed by atoms with van der Waals surface area (Å²) in [6.45, 7) is 0.355. The standard InChI is InChI=1S/C16H8O3/c17-16-11-4-3-9-10-2-1-8-5-13(10)15(19-8)6-12(9)14(11)7-18-16/h1-6H,7H2. The van der Waals surface area contributed by atoms with Crippen molar-refractivity contribution in [2.75, 3.05) is 0 Å². The Morgan fingerprint density at radius 3 is 2.68 bits per heavy atom. The van der Waals surface area contributed by atoms with Gasteiger partial charge in [0.1, 0.15) is 17.8 Å². The van der Waals surface area contributed by atoms with Crippen molar-refractivity contribution >= 4 is 38.7 Å². The van der Waals surface area contributed by atoms with Crippen LogP contribution in [-0.4, -0.2) is 5.97 Å². The van der Waals surface area contributed by atoms with Gasteiger partial charge >= 0.3 is 5.97 Å². The van der Waals surface area contributed by atoms with Crippen LogP contribution in [0, 0.1) is 0 Å². The Kier molecular flexibility index (Phi) is 1.42. The van der Waals surface area contributed by atoms with Crippen LogP contribution in [0.15, 0.2) is 40.8 Å². The Morgan fingerprint density at radius 1 is 0.895 bits per heavy atom. The van der Waals surface area contributed by atoms with E-state index in [1.54, 1.807) is 0 Å². The van der Waals surface area contributed by atoms with E-state index in [1.165, 1.54) is 0 Å². The van der Waals surface area contributed by atoms with Crippen molar-refractivity contribution in [3.8, 4) is 0 Å². The normalized spacial score (nSPS) is 14.6. The summed E-state index contributed by atoms with van der Waals surface area (Å²) >= 11 is 0. The highest BCUT2D eigenvalue weighted by molar-refractivity contribution is 6.17. The number of rotatable bonds is 0. The lowest BCUT2D eigenvalue weighted by Crippen LogP contribution is -1.93. The second-order valence-electron chi connectivity index (χ2n) is 4.95. The second kappa shape index (κ2) is 2.88. The van der Waals surface area contributed by atoms with Crippen LogP contribution in [0.3, 0.4) is 0 Å². The summed E-state index contributed by atoms with van der Waals surface area (Å²) in [5.41, 5.74) is 3.39. The van der Waals surface area contributed by atoms with Gasteiger partial charge in [0.05, 0.1) is 5.56 Å². The first-order chi connectivity index (χ1) is 9.31. The molecule has 1 aromatic heterocycles. The third kappa shape index (κ3) is 1.02. The van der Waals surface area contributed by atoms with Crippen molar-refractivity contribution in [3.63, 3.8) is 0 Å². The van der Waals surface area contributed by atoms with Crippen molar-refractivity contribution in [1.29, 1.82) is 0 Å². The molecule has 90 valence electrons. The number of ether oxygens (including phenoxy) is 1. The van der Waals surface area contributed by atoms with E-state index in [0.29, 0.717) is 12.2 Å². The monoisotopic (exact) mass is 248 g/mol. The molecule has 0 N–H and O–H groups in total. The molecule has 0 aliphatic carbocycles. The summed E-state index contributed by atoms with van der Waals surface area (Å²) in [6.07, 6.45) is 0. The molecule has 3 aromatic carbocycles. The molecule has 0 amide bonds. The number of cyclic esters (lactones) is 1. The van der Waals surface area contributed by atoms with Crippen LogP contribution in [0.2, 0.25) is 0 Å². The maximum atomic E-state index is 11.6. The third-order valence-electron chi connectivity index (χ3n) is 3.97. The molecule has 3 nitrogen and oxygen atoms in total. The Labute approximate surface area is 107 Å². The van der Waals surface area contributed by atoms with Crippen molar-refractivity contribution in [2.45, 2.75) is 6.61 Å². The van der Waals surface area contributed by atoms with Crippen LogP contribution in [0.4, 0.5) is 0 Å². The third-order valence-corrected chi connectivity index (χ3v) is 3.97. The molecule has 2 bridgehead atoms. The second-order valence-corrected chi connectivity index (χ2v) is 4.95. The summed E-state index contributed by atoms with van der Waals surface area (Å²) in [5, 5.41) is 4.50. The fraction of sp³-hybridized carbons (Fsp3) is 0.0625. The summed E-state index contributed by atoms with van der Waals surface area (Å²) in [4.78, 5) is 11.6. The number of furan rings is 1. The van der Waals surface area contributed by atoms with Crippen LogP contribution >= 0.6 is 0 Å². The summed E-state index contributed by atoms with van der Waals surface area (Å²) in [5.74, 6) is -0.232. The molecule has 0 saturated heterocycles. The molecule has 0 unspecified atom stereocenters. The van der Waals surface area contributed by atoms with Crippen molar-refractivity contribution in [3.05, 3.63) is 47.5 Å². The van der Waals surface area contributed by atoms with E-state index in [9.17, 15) is 4.79 Å². The molecule has 0 atom stereocenters. The smallest absolute Gasteiger partial charge is 0.338 e. The van der Waals surface area contributed by atoms with E-state index in [4.69, 9.17) is 9.15 Å². The Balaban J connectivity index is 2.09. The van der Waals surface area contributed by atoms with Crippen LogP contribution in [0.25, 0.3) is 32.7 Å². The number of hydrogen-bond donors (Lipinski definition) is 0. The molecule has 0 radical (unpaired) electrons. The lowest BCUT2D eigenvalue weighted by atomic mass is 9.96. The molecule has 4 aromatic rings. The molecule has 19 heavy (non-hydrogen) atoms. The van der Waals surface area contributed by atoms with Crippen LogP contribution in [-0.2, 0) is 11.3 Å². The number of benzene rings is 3. The summed E-state index contributed by atoms with van der Waals surface area (Å²) in [6, 6.07) is 12.0. The first-order valence-corrected chi connectivity index (χ1v) is 6.18. The van der Waals surface area contributed by atoms with E-state index in [2.05, 4.69) is 12.1 Å². The van der Waals surface area contributed by atoms with Gasteiger partial charge in [-0.1, -0.05) is 6.07 Å². The van der Waals surface area contributed by atoms with E-state index in [1.807, 2.05) is 24.3 Å². The van der Waals surface area contributed by atoms with Crippen molar-refractivity contribution < 1.29 is 13.9 Å². The van der Waals surface area contributed by atoms with Gasteiger partial charge in [-0.2, -0.15) is 0 Å². The molecule has 0 fully saturated rings. The molecule has 3 heteroatoms. The number of carbonyl (C=O) groups is 1. The summed E-state index contributed by atoms with van der Waals surface area (Å²) in [7, 11) is 0. The number of carbonyl (C=O) groups excluding carboxylic acids is 1. The van der Waals surface area contributed by atoms with Gasteiger partial charge < -0.3 is 9.15 Å². The summed E-state index contributed by atoms with van der Waals surface area (Å²) < 4.78 is 10.9. The van der Waals surface area contributed by atoms with Gasteiger partial charge in [0, 0.05) is 10.9 Å². The zero-order chi connectivity index (χ0) is 12.6. The van der Waals surface area contributed by atoms with Gasteiger partial charge in [0.15, 0.2) is 0 Å². The molecule has 1 aliphatic rings. The number of hydrogen-bond acceptors (Lipinski definition) is 3. The van der Waals surface area contributed by atoms with E-state index >= 15 is 0 Å². The van der Waals surface area contributed by atoms with Crippen LogP contribution in [0.1, 0.15) is 15.9 Å². The minimum atomic E-state index is -0.232. The van der Waals surface area contributed by atoms with E-state index in [-0.39, 0.29) is 5.97 Å². The van der Waals surface area contributed by atoms with Gasteiger partial charge in [0.2, 0.25) is 0 Å². The minimum Gasteiger partial charge on any atom is -0.457 e. The zero-order valence-electron chi connectivity index (χ0n) is 9.90. The first-order valence-electron chi connectivity index (χ1n) is 6.18. The average molecular weight is 248 g/mol. The van der Waals surface area contributed by atoms with E-state index < -0.39 is 0 Å². The largest absolute Gasteiger partial charge is 0.457 e. The highest BCUT2D eigenvalue weighted by atomic mass is 16.5. The Morgan fingerprint density at radius 2 is 1.74 bits per heavy atom. The fourth-order valence-electron chi connectivity index (χ4n) is 3.07. The Hall–Kier alpha value is -2.55. The van der Waals surface area contributed by atoms with Crippen molar-refractivity contribution in [1.82, 2.24) is 0 Å². The average Bonchev–Trinajstić information content (AvgIpc) is 2.97.